The molecule has 0 fully saturated rings. The average molecular weight is 221 g/mol. The molecular weight excluding hydrogens is 202 g/mol. The van der Waals surface area contributed by atoms with Crippen LogP contribution in [0, 0.1) is 0 Å². The van der Waals surface area contributed by atoms with Crippen LogP contribution >= 0.6 is 0 Å². The molecule has 0 saturated heterocycles. The van der Waals surface area contributed by atoms with Crippen molar-refractivity contribution in [2.45, 2.75) is 26.7 Å². The Bertz CT molecular complexity index is 336. The zero-order valence-corrected chi connectivity index (χ0v) is 9.95. The summed E-state index contributed by atoms with van der Waals surface area (Å²) < 4.78 is 5.13. The number of carbonyl (C=O) groups excluding carboxylic acids is 1. The van der Waals surface area contributed by atoms with Crippen LogP contribution in [-0.2, 0) is 4.74 Å². The molecule has 1 aromatic carbocycles. The highest BCUT2D eigenvalue weighted by atomic mass is 16.5. The van der Waals surface area contributed by atoms with E-state index in [1.54, 1.807) is 6.07 Å². The summed E-state index contributed by atoms with van der Waals surface area (Å²) in [7, 11) is 0. The number of esters is 1. The molecule has 0 unspecified atom stereocenters. The molecule has 88 valence electrons. The van der Waals surface area contributed by atoms with Gasteiger partial charge in [0.05, 0.1) is 12.2 Å². The molecule has 16 heavy (non-hydrogen) atoms. The van der Waals surface area contributed by atoms with E-state index in [1.807, 2.05) is 25.1 Å². The molecule has 3 heteroatoms. The molecule has 0 aliphatic rings. The van der Waals surface area contributed by atoms with E-state index in [0.717, 1.165) is 25.1 Å². The molecule has 0 radical (unpaired) electrons. The van der Waals surface area contributed by atoms with Crippen molar-refractivity contribution in [1.82, 2.24) is 0 Å². The van der Waals surface area contributed by atoms with Gasteiger partial charge in [0.1, 0.15) is 0 Å². The van der Waals surface area contributed by atoms with Crippen LogP contribution in [0.15, 0.2) is 24.3 Å². The summed E-state index contributed by atoms with van der Waals surface area (Å²) in [5, 5.41) is 3.16. The van der Waals surface area contributed by atoms with Crippen LogP contribution < -0.4 is 5.32 Å². The fraction of sp³-hybridized carbons (Fsp3) is 0.462. The van der Waals surface area contributed by atoms with Crippen molar-refractivity contribution in [3.8, 4) is 0 Å². The van der Waals surface area contributed by atoms with E-state index in [9.17, 15) is 4.79 Å². The first-order valence-electron chi connectivity index (χ1n) is 5.79. The van der Waals surface area contributed by atoms with Crippen LogP contribution in [0.3, 0.4) is 0 Å². The highest BCUT2D eigenvalue weighted by Gasteiger charge is 2.06. The second kappa shape index (κ2) is 6.88. The van der Waals surface area contributed by atoms with E-state index < -0.39 is 0 Å². The van der Waals surface area contributed by atoms with Gasteiger partial charge in [-0.2, -0.15) is 0 Å². The Hall–Kier alpha value is -1.51. The number of hydrogen-bond donors (Lipinski definition) is 1. The normalized spacial score (nSPS) is 9.88. The Labute approximate surface area is 96.8 Å². The molecule has 1 N–H and O–H groups in total. The van der Waals surface area contributed by atoms with Crippen LogP contribution in [0.5, 0.6) is 0 Å². The topological polar surface area (TPSA) is 38.3 Å². The van der Waals surface area contributed by atoms with E-state index in [0.29, 0.717) is 12.2 Å². The van der Waals surface area contributed by atoms with Gasteiger partial charge in [-0.05, 0) is 31.5 Å². The van der Waals surface area contributed by atoms with Gasteiger partial charge >= 0.3 is 5.97 Å². The zero-order chi connectivity index (χ0) is 11.8. The Morgan fingerprint density at radius 3 is 2.88 bits per heavy atom. The third-order valence-electron chi connectivity index (χ3n) is 2.21. The minimum absolute atomic E-state index is 0.242. The molecule has 0 amide bonds. The average Bonchev–Trinajstić information content (AvgIpc) is 2.30. The summed E-state index contributed by atoms with van der Waals surface area (Å²) in [6.07, 6.45) is 1.95. The maximum Gasteiger partial charge on any atom is 0.338 e. The van der Waals surface area contributed by atoms with Crippen LogP contribution in [-0.4, -0.2) is 19.1 Å². The van der Waals surface area contributed by atoms with E-state index in [4.69, 9.17) is 4.74 Å². The molecule has 0 spiro atoms. The molecule has 0 aromatic heterocycles. The summed E-state index contributed by atoms with van der Waals surface area (Å²) in [4.78, 5) is 11.6. The molecule has 0 bridgehead atoms. The monoisotopic (exact) mass is 221 g/mol. The number of ether oxygens (including phenoxy) is 1. The predicted octanol–water partition coefficient (Wildman–Crippen LogP) is 3.08. The fourth-order valence-electron chi connectivity index (χ4n) is 1.35. The molecule has 0 aliphatic carbocycles. The van der Waals surface area contributed by atoms with E-state index in [2.05, 4.69) is 12.2 Å². The molecule has 3 nitrogen and oxygen atoms in total. The smallest absolute Gasteiger partial charge is 0.338 e. The zero-order valence-electron chi connectivity index (χ0n) is 9.95. The summed E-state index contributed by atoms with van der Waals surface area (Å²) >= 11 is 0. The Morgan fingerprint density at radius 1 is 1.38 bits per heavy atom. The maximum absolute atomic E-state index is 11.6. The largest absolute Gasteiger partial charge is 0.462 e. The third-order valence-corrected chi connectivity index (χ3v) is 2.21. The molecular formula is C13H19NO2. The van der Waals surface area contributed by atoms with Crippen molar-refractivity contribution in [3.05, 3.63) is 29.8 Å². The highest BCUT2D eigenvalue weighted by Crippen LogP contribution is 2.11. The molecule has 0 atom stereocenters. The van der Waals surface area contributed by atoms with Gasteiger partial charge in [0.25, 0.3) is 0 Å². The lowest BCUT2D eigenvalue weighted by molar-refractivity contribution is 0.0500. The van der Waals surface area contributed by atoms with Gasteiger partial charge in [-0.15, -0.1) is 0 Å². The van der Waals surface area contributed by atoms with Gasteiger partial charge in [0, 0.05) is 12.2 Å². The summed E-state index contributed by atoms with van der Waals surface area (Å²) in [5.41, 5.74) is 1.56. The van der Waals surface area contributed by atoms with Crippen molar-refractivity contribution in [3.63, 3.8) is 0 Å². The van der Waals surface area contributed by atoms with Gasteiger partial charge in [0.15, 0.2) is 0 Å². The first kappa shape index (κ1) is 12.6. The van der Waals surface area contributed by atoms with E-state index in [-0.39, 0.29) is 5.97 Å². The molecule has 0 saturated carbocycles. The van der Waals surface area contributed by atoms with E-state index in [1.165, 1.54) is 0 Å². The van der Waals surface area contributed by atoms with Gasteiger partial charge in [-0.25, -0.2) is 4.79 Å². The minimum Gasteiger partial charge on any atom is -0.462 e. The summed E-state index contributed by atoms with van der Waals surface area (Å²) in [6.45, 7) is 5.43. The Kier molecular flexibility index (Phi) is 5.40. The van der Waals surface area contributed by atoms with Crippen molar-refractivity contribution in [2.24, 2.45) is 0 Å². The lowest BCUT2D eigenvalue weighted by Crippen LogP contribution is -2.07. The summed E-state index contributed by atoms with van der Waals surface area (Å²) in [5.74, 6) is -0.242. The van der Waals surface area contributed by atoms with Crippen molar-refractivity contribution >= 4 is 11.7 Å². The number of benzene rings is 1. The lowest BCUT2D eigenvalue weighted by atomic mass is 10.2. The third kappa shape index (κ3) is 3.93. The SMILES string of the molecule is CCCCOC(=O)c1cccc(NCC)c1. The second-order valence-electron chi connectivity index (χ2n) is 3.60. The van der Waals surface area contributed by atoms with Gasteiger partial charge in [-0.3, -0.25) is 0 Å². The molecule has 1 rings (SSSR count). The lowest BCUT2D eigenvalue weighted by Gasteiger charge is -2.06. The number of unbranched alkanes of at least 4 members (excludes halogenated alkanes) is 1. The number of nitrogens with one attached hydrogen (secondary N) is 1. The highest BCUT2D eigenvalue weighted by molar-refractivity contribution is 5.90. The number of hydrogen-bond acceptors (Lipinski definition) is 3. The van der Waals surface area contributed by atoms with Crippen molar-refractivity contribution < 1.29 is 9.53 Å². The maximum atomic E-state index is 11.6. The standard InChI is InChI=1S/C13H19NO2/c1-3-5-9-16-13(15)11-7-6-8-12(10-11)14-4-2/h6-8,10,14H,3-5,9H2,1-2H3. The number of anilines is 1. The Balaban J connectivity index is 2.57. The van der Waals surface area contributed by atoms with Crippen LogP contribution in [0.25, 0.3) is 0 Å². The number of carbonyl (C=O) groups is 1. The van der Waals surface area contributed by atoms with Crippen molar-refractivity contribution in [2.75, 3.05) is 18.5 Å². The molecule has 1 aromatic rings. The van der Waals surface area contributed by atoms with Gasteiger partial charge < -0.3 is 10.1 Å². The first-order valence-corrected chi connectivity index (χ1v) is 5.79. The molecule has 0 aliphatic heterocycles. The van der Waals surface area contributed by atoms with Crippen LogP contribution in [0.2, 0.25) is 0 Å². The first-order chi connectivity index (χ1) is 7.77. The van der Waals surface area contributed by atoms with Gasteiger partial charge in [0.2, 0.25) is 0 Å². The number of rotatable bonds is 6. The molecule has 0 heterocycles. The summed E-state index contributed by atoms with van der Waals surface area (Å²) in [6, 6.07) is 7.38. The quantitative estimate of drug-likeness (QED) is 0.592. The predicted molar refractivity (Wildman–Crippen MR) is 65.8 cm³/mol. The second-order valence-corrected chi connectivity index (χ2v) is 3.60. The van der Waals surface area contributed by atoms with E-state index >= 15 is 0 Å². The van der Waals surface area contributed by atoms with Crippen molar-refractivity contribution in [1.29, 1.82) is 0 Å². The van der Waals surface area contributed by atoms with Gasteiger partial charge in [-0.1, -0.05) is 19.4 Å². The van der Waals surface area contributed by atoms with Crippen LogP contribution in [0.4, 0.5) is 5.69 Å². The van der Waals surface area contributed by atoms with Crippen LogP contribution in [0.1, 0.15) is 37.0 Å². The minimum atomic E-state index is -0.242. The Morgan fingerprint density at radius 2 is 2.19 bits per heavy atom. The fourth-order valence-corrected chi connectivity index (χ4v) is 1.35.